The maximum atomic E-state index is 12.6. The number of rotatable bonds is 5. The molecular weight excluding hydrogens is 342 g/mol. The molecule has 2 heterocycles. The summed E-state index contributed by atoms with van der Waals surface area (Å²) in [6.45, 7) is 4.14. The Kier molecular flexibility index (Phi) is 5.67. The van der Waals surface area contributed by atoms with Crippen molar-refractivity contribution < 1.29 is 9.53 Å². The fraction of sp³-hybridized carbons (Fsp3) is 0.550. The zero-order valence-corrected chi connectivity index (χ0v) is 15.6. The summed E-state index contributed by atoms with van der Waals surface area (Å²) in [5.74, 6) is 1.22. The molecule has 1 aromatic heterocycles. The predicted octanol–water partition coefficient (Wildman–Crippen LogP) is 2.28. The first-order valence-corrected chi connectivity index (χ1v) is 9.78. The van der Waals surface area contributed by atoms with Gasteiger partial charge in [-0.1, -0.05) is 43.5 Å². The average Bonchev–Trinajstić information content (AvgIpc) is 3.03. The first-order valence-electron chi connectivity index (χ1n) is 9.78. The van der Waals surface area contributed by atoms with Crippen molar-refractivity contribution in [3.63, 3.8) is 0 Å². The number of carbonyl (C=O) groups is 1. The van der Waals surface area contributed by atoms with E-state index in [2.05, 4.69) is 39.7 Å². The van der Waals surface area contributed by atoms with E-state index >= 15 is 0 Å². The van der Waals surface area contributed by atoms with E-state index in [1.807, 2.05) is 4.90 Å². The van der Waals surface area contributed by atoms with E-state index in [4.69, 9.17) is 4.74 Å². The highest BCUT2D eigenvalue weighted by Gasteiger charge is 2.31. The van der Waals surface area contributed by atoms with Crippen LogP contribution in [0.4, 0.5) is 4.79 Å². The molecule has 1 saturated heterocycles. The van der Waals surface area contributed by atoms with Crippen LogP contribution in [0.2, 0.25) is 0 Å². The number of urea groups is 1. The van der Waals surface area contributed by atoms with Crippen molar-refractivity contribution in [2.45, 2.75) is 32.4 Å². The molecule has 7 nitrogen and oxygen atoms in total. The fourth-order valence-electron chi connectivity index (χ4n) is 3.77. The molecule has 1 aliphatic heterocycles. The first-order chi connectivity index (χ1) is 13.3. The monoisotopic (exact) mass is 369 g/mol. The fourth-order valence-corrected chi connectivity index (χ4v) is 3.77. The van der Waals surface area contributed by atoms with Crippen LogP contribution in [0.5, 0.6) is 0 Å². The smallest absolute Gasteiger partial charge is 0.317 e. The van der Waals surface area contributed by atoms with Crippen molar-refractivity contribution in [3.8, 4) is 0 Å². The highest BCUT2D eigenvalue weighted by molar-refractivity contribution is 5.74. The van der Waals surface area contributed by atoms with Gasteiger partial charge in [-0.15, -0.1) is 0 Å². The Bertz CT molecular complexity index is 727. The van der Waals surface area contributed by atoms with Gasteiger partial charge in [-0.3, -0.25) is 0 Å². The third-order valence-electron chi connectivity index (χ3n) is 5.67. The molecule has 4 rings (SSSR count). The Balaban J connectivity index is 1.27. The lowest BCUT2D eigenvalue weighted by atomic mass is 9.76. The van der Waals surface area contributed by atoms with Crippen LogP contribution in [-0.4, -0.2) is 52.0 Å². The van der Waals surface area contributed by atoms with Crippen molar-refractivity contribution in [1.29, 1.82) is 0 Å². The molecule has 0 radical (unpaired) electrons. The van der Waals surface area contributed by atoms with Gasteiger partial charge < -0.3 is 15.0 Å². The molecular formula is C20H27N5O2. The minimum Gasteiger partial charge on any atom is -0.379 e. The zero-order valence-electron chi connectivity index (χ0n) is 15.6. The molecule has 7 heteroatoms. The summed E-state index contributed by atoms with van der Waals surface area (Å²) in [5, 5.41) is 7.18. The van der Waals surface area contributed by atoms with Gasteiger partial charge in [0, 0.05) is 25.6 Å². The van der Waals surface area contributed by atoms with E-state index in [0.717, 1.165) is 30.2 Å². The van der Waals surface area contributed by atoms with Gasteiger partial charge in [-0.05, 0) is 17.0 Å². The third kappa shape index (κ3) is 4.66. The largest absolute Gasteiger partial charge is 0.379 e. The van der Waals surface area contributed by atoms with Gasteiger partial charge in [0.2, 0.25) is 0 Å². The SMILES string of the molecule is O=C(NCc1ccc(Cn2cncn2)cc1)N1CCOCC(C2CCC2)C1. The molecule has 2 fully saturated rings. The number of ether oxygens (including phenoxy) is 1. The Morgan fingerprint density at radius 2 is 2.00 bits per heavy atom. The summed E-state index contributed by atoms with van der Waals surface area (Å²) < 4.78 is 7.52. The predicted molar refractivity (Wildman–Crippen MR) is 101 cm³/mol. The molecule has 27 heavy (non-hydrogen) atoms. The van der Waals surface area contributed by atoms with E-state index in [0.29, 0.717) is 32.2 Å². The first kappa shape index (κ1) is 18.0. The Morgan fingerprint density at radius 3 is 2.70 bits per heavy atom. The third-order valence-corrected chi connectivity index (χ3v) is 5.67. The van der Waals surface area contributed by atoms with Crippen LogP contribution in [0, 0.1) is 11.8 Å². The maximum Gasteiger partial charge on any atom is 0.317 e. The second-order valence-electron chi connectivity index (χ2n) is 7.54. The van der Waals surface area contributed by atoms with Crippen LogP contribution in [0.15, 0.2) is 36.9 Å². The van der Waals surface area contributed by atoms with Crippen LogP contribution in [0.3, 0.4) is 0 Å². The minimum atomic E-state index is 0.0107. The summed E-state index contributed by atoms with van der Waals surface area (Å²) in [6, 6.07) is 8.24. The Hall–Kier alpha value is -2.41. The van der Waals surface area contributed by atoms with E-state index in [-0.39, 0.29) is 6.03 Å². The summed E-state index contributed by atoms with van der Waals surface area (Å²) >= 11 is 0. The van der Waals surface area contributed by atoms with Crippen molar-refractivity contribution in [3.05, 3.63) is 48.0 Å². The molecule has 1 aromatic carbocycles. The Morgan fingerprint density at radius 1 is 1.19 bits per heavy atom. The topological polar surface area (TPSA) is 72.3 Å². The lowest BCUT2D eigenvalue weighted by Crippen LogP contribution is -2.44. The molecule has 2 amide bonds. The molecule has 1 atom stereocenters. The van der Waals surface area contributed by atoms with Crippen molar-refractivity contribution in [1.82, 2.24) is 25.0 Å². The van der Waals surface area contributed by atoms with Crippen molar-refractivity contribution in [2.24, 2.45) is 11.8 Å². The number of carbonyl (C=O) groups excluding carboxylic acids is 1. The van der Waals surface area contributed by atoms with Gasteiger partial charge >= 0.3 is 6.03 Å². The summed E-state index contributed by atoms with van der Waals surface area (Å²) in [4.78, 5) is 18.5. The van der Waals surface area contributed by atoms with Gasteiger partial charge in [0.25, 0.3) is 0 Å². The van der Waals surface area contributed by atoms with Crippen LogP contribution >= 0.6 is 0 Å². The molecule has 2 aromatic rings. The standard InChI is InChI=1S/C20H27N5O2/c26-20(24-8-9-27-13-19(12-24)18-2-1-3-18)22-10-16-4-6-17(7-5-16)11-25-15-21-14-23-25/h4-7,14-15,18-19H,1-3,8-13H2,(H,22,26). The molecule has 2 aliphatic rings. The number of nitrogens with one attached hydrogen (secondary N) is 1. The zero-order chi connectivity index (χ0) is 18.5. The van der Waals surface area contributed by atoms with Crippen molar-refractivity contribution in [2.75, 3.05) is 26.3 Å². The number of benzene rings is 1. The number of nitrogens with zero attached hydrogens (tertiary/aromatic N) is 4. The van der Waals surface area contributed by atoms with E-state index in [1.165, 1.54) is 25.6 Å². The highest BCUT2D eigenvalue weighted by atomic mass is 16.5. The molecule has 1 N–H and O–H groups in total. The summed E-state index contributed by atoms with van der Waals surface area (Å²) in [6.07, 6.45) is 7.12. The van der Waals surface area contributed by atoms with Crippen LogP contribution in [0.1, 0.15) is 30.4 Å². The van der Waals surface area contributed by atoms with E-state index < -0.39 is 0 Å². The van der Waals surface area contributed by atoms with E-state index in [9.17, 15) is 4.79 Å². The van der Waals surface area contributed by atoms with Gasteiger partial charge in [0.15, 0.2) is 0 Å². The normalized spacial score (nSPS) is 20.7. The van der Waals surface area contributed by atoms with Crippen LogP contribution in [0.25, 0.3) is 0 Å². The van der Waals surface area contributed by atoms with Gasteiger partial charge in [0.1, 0.15) is 12.7 Å². The number of aromatic nitrogens is 3. The number of amides is 2. The van der Waals surface area contributed by atoms with Gasteiger partial charge in [-0.2, -0.15) is 5.10 Å². The number of hydrogen-bond donors (Lipinski definition) is 1. The van der Waals surface area contributed by atoms with Crippen LogP contribution in [-0.2, 0) is 17.8 Å². The number of hydrogen-bond acceptors (Lipinski definition) is 4. The van der Waals surface area contributed by atoms with Gasteiger partial charge in [-0.25, -0.2) is 14.5 Å². The van der Waals surface area contributed by atoms with E-state index in [1.54, 1.807) is 11.0 Å². The minimum absolute atomic E-state index is 0.0107. The maximum absolute atomic E-state index is 12.6. The lowest BCUT2D eigenvalue weighted by Gasteiger charge is -2.34. The highest BCUT2D eigenvalue weighted by Crippen LogP contribution is 2.34. The quantitative estimate of drug-likeness (QED) is 0.878. The summed E-state index contributed by atoms with van der Waals surface area (Å²) in [7, 11) is 0. The van der Waals surface area contributed by atoms with Crippen LogP contribution < -0.4 is 5.32 Å². The lowest BCUT2D eigenvalue weighted by molar-refractivity contribution is 0.0775. The molecule has 1 aliphatic carbocycles. The average molecular weight is 369 g/mol. The van der Waals surface area contributed by atoms with Crippen molar-refractivity contribution >= 4 is 6.03 Å². The second kappa shape index (κ2) is 8.52. The second-order valence-corrected chi connectivity index (χ2v) is 7.54. The van der Waals surface area contributed by atoms with Gasteiger partial charge in [0.05, 0.1) is 19.8 Å². The molecule has 1 unspecified atom stereocenters. The molecule has 0 bridgehead atoms. The summed E-state index contributed by atoms with van der Waals surface area (Å²) in [5.41, 5.74) is 2.25. The molecule has 1 saturated carbocycles. The molecule has 0 spiro atoms. The molecule has 144 valence electrons. The Labute approximate surface area is 159 Å².